The van der Waals surface area contributed by atoms with Gasteiger partial charge < -0.3 is 20.0 Å². The molecule has 168 valence electrons. The number of amides is 1. The molecule has 2 aliphatic rings. The Morgan fingerprint density at radius 3 is 2.76 bits per heavy atom. The summed E-state index contributed by atoms with van der Waals surface area (Å²) in [6, 6.07) is 17.0. The Bertz CT molecular complexity index is 1240. The molecular formula is C27H27N3O3. The Morgan fingerprint density at radius 1 is 1.12 bits per heavy atom. The zero-order valence-corrected chi connectivity index (χ0v) is 18.9. The molecule has 2 N–H and O–H groups in total. The zero-order valence-electron chi connectivity index (χ0n) is 18.9. The van der Waals surface area contributed by atoms with Crippen LogP contribution in [0.1, 0.15) is 42.2 Å². The molecule has 1 atom stereocenters. The Kier molecular flexibility index (Phi) is 5.50. The van der Waals surface area contributed by atoms with Gasteiger partial charge in [0.2, 0.25) is 5.91 Å². The molecule has 0 fully saturated rings. The second-order valence-electron chi connectivity index (χ2n) is 8.72. The van der Waals surface area contributed by atoms with Crippen molar-refractivity contribution in [1.82, 2.24) is 0 Å². The number of anilines is 3. The lowest BCUT2D eigenvalue weighted by Crippen LogP contribution is -2.38. The van der Waals surface area contributed by atoms with Crippen molar-refractivity contribution in [3.8, 4) is 0 Å². The van der Waals surface area contributed by atoms with E-state index in [9.17, 15) is 9.59 Å². The molecule has 1 amide bonds. The number of Topliss-reactive ketones (excluding diaryl/α,β-unsaturated/α-hetero) is 1. The van der Waals surface area contributed by atoms with Crippen molar-refractivity contribution in [3.63, 3.8) is 0 Å². The lowest BCUT2D eigenvalue weighted by atomic mass is 9.88. The SMILES string of the molecule is Cc1ccc(NC(=O)CN2c3ccccc3NC3=C(C(=O)CCC3)[C@@H]2c2ccco2)c(C)c1. The number of aryl methyl sites for hydroxylation is 2. The van der Waals surface area contributed by atoms with E-state index in [0.29, 0.717) is 17.8 Å². The van der Waals surface area contributed by atoms with E-state index in [1.54, 1.807) is 6.26 Å². The second-order valence-corrected chi connectivity index (χ2v) is 8.72. The molecule has 6 nitrogen and oxygen atoms in total. The summed E-state index contributed by atoms with van der Waals surface area (Å²) in [4.78, 5) is 28.4. The van der Waals surface area contributed by atoms with Gasteiger partial charge in [-0.1, -0.05) is 29.8 Å². The number of rotatable bonds is 4. The molecule has 2 heterocycles. The minimum absolute atomic E-state index is 0.0709. The van der Waals surface area contributed by atoms with Gasteiger partial charge in [-0.25, -0.2) is 0 Å². The largest absolute Gasteiger partial charge is 0.467 e. The van der Waals surface area contributed by atoms with Gasteiger partial charge >= 0.3 is 0 Å². The summed E-state index contributed by atoms with van der Waals surface area (Å²) in [6.45, 7) is 4.08. The molecule has 1 aliphatic carbocycles. The minimum atomic E-state index is -0.483. The first-order chi connectivity index (χ1) is 16.0. The maximum atomic E-state index is 13.3. The van der Waals surface area contributed by atoms with Crippen LogP contribution in [0.2, 0.25) is 0 Å². The quantitative estimate of drug-likeness (QED) is 0.558. The van der Waals surface area contributed by atoms with Crippen molar-refractivity contribution in [2.24, 2.45) is 0 Å². The fourth-order valence-corrected chi connectivity index (χ4v) is 4.82. The molecule has 0 saturated heterocycles. The van der Waals surface area contributed by atoms with Crippen LogP contribution < -0.4 is 15.5 Å². The number of carbonyl (C=O) groups is 2. The Morgan fingerprint density at radius 2 is 1.97 bits per heavy atom. The summed E-state index contributed by atoms with van der Waals surface area (Å²) in [5.41, 5.74) is 6.28. The average molecular weight is 442 g/mol. The number of nitrogens with zero attached hydrogens (tertiary/aromatic N) is 1. The number of carbonyl (C=O) groups excluding carboxylic acids is 2. The number of allylic oxidation sites excluding steroid dienone is 1. The van der Waals surface area contributed by atoms with Gasteiger partial charge in [-0.15, -0.1) is 0 Å². The first-order valence-corrected chi connectivity index (χ1v) is 11.3. The Labute approximate surface area is 193 Å². The van der Waals surface area contributed by atoms with E-state index in [4.69, 9.17) is 4.42 Å². The second kappa shape index (κ2) is 8.62. The smallest absolute Gasteiger partial charge is 0.243 e. The van der Waals surface area contributed by atoms with Crippen LogP contribution in [0.25, 0.3) is 0 Å². The highest BCUT2D eigenvalue weighted by molar-refractivity contribution is 6.02. The van der Waals surface area contributed by atoms with Crippen LogP contribution in [-0.4, -0.2) is 18.2 Å². The number of fused-ring (bicyclic) bond motifs is 1. The molecule has 1 aromatic heterocycles. The first kappa shape index (κ1) is 21.1. The third-order valence-corrected chi connectivity index (χ3v) is 6.32. The number of ketones is 1. The van der Waals surface area contributed by atoms with E-state index in [2.05, 4.69) is 10.6 Å². The van der Waals surface area contributed by atoms with Gasteiger partial charge in [0, 0.05) is 23.4 Å². The Balaban J connectivity index is 1.57. The number of para-hydroxylation sites is 2. The molecule has 6 heteroatoms. The van der Waals surface area contributed by atoms with Gasteiger partial charge in [0.1, 0.15) is 11.8 Å². The molecule has 33 heavy (non-hydrogen) atoms. The monoisotopic (exact) mass is 441 g/mol. The molecule has 0 spiro atoms. The van der Waals surface area contributed by atoms with E-state index in [1.165, 1.54) is 0 Å². The molecule has 2 aromatic carbocycles. The number of furan rings is 1. The minimum Gasteiger partial charge on any atom is -0.467 e. The predicted molar refractivity (Wildman–Crippen MR) is 129 cm³/mol. The van der Waals surface area contributed by atoms with Crippen LogP contribution in [0, 0.1) is 13.8 Å². The summed E-state index contributed by atoms with van der Waals surface area (Å²) in [6.07, 6.45) is 3.71. The van der Waals surface area contributed by atoms with Gasteiger partial charge in [0.25, 0.3) is 0 Å². The Hall–Kier alpha value is -3.80. The number of hydrogen-bond donors (Lipinski definition) is 2. The molecular weight excluding hydrogens is 414 g/mol. The van der Waals surface area contributed by atoms with Gasteiger partial charge in [0.15, 0.2) is 5.78 Å². The normalized spacial score (nSPS) is 17.7. The summed E-state index contributed by atoms with van der Waals surface area (Å²) in [7, 11) is 0. The van der Waals surface area contributed by atoms with Crippen molar-refractivity contribution in [2.45, 2.75) is 39.2 Å². The van der Waals surface area contributed by atoms with Crippen LogP contribution in [0.15, 0.2) is 76.5 Å². The third kappa shape index (κ3) is 4.04. The lowest BCUT2D eigenvalue weighted by molar-refractivity contribution is -0.117. The van der Waals surface area contributed by atoms with E-state index in [-0.39, 0.29) is 18.2 Å². The highest BCUT2D eigenvalue weighted by atomic mass is 16.3. The number of benzene rings is 2. The molecule has 0 unspecified atom stereocenters. The van der Waals surface area contributed by atoms with Crippen LogP contribution in [0.4, 0.5) is 17.1 Å². The summed E-state index contributed by atoms with van der Waals surface area (Å²) >= 11 is 0. The van der Waals surface area contributed by atoms with Crippen LogP contribution in [0.3, 0.4) is 0 Å². The standard InChI is InChI=1S/C27H27N3O3/c1-17-12-13-19(18(2)15-17)29-25(32)16-30-22-9-4-3-7-20(22)28-21-8-5-10-23(31)26(21)27(30)24-11-6-14-33-24/h3-4,6-7,9,11-15,27-28H,5,8,10,16H2,1-2H3,(H,29,32)/t27-/m0/s1. The van der Waals surface area contributed by atoms with Gasteiger partial charge in [-0.2, -0.15) is 0 Å². The fourth-order valence-electron chi connectivity index (χ4n) is 4.82. The topological polar surface area (TPSA) is 74.6 Å². The predicted octanol–water partition coefficient (Wildman–Crippen LogP) is 5.52. The number of hydrogen-bond acceptors (Lipinski definition) is 5. The van der Waals surface area contributed by atoms with Crippen molar-refractivity contribution < 1.29 is 14.0 Å². The lowest BCUT2D eigenvalue weighted by Gasteiger charge is -2.33. The van der Waals surface area contributed by atoms with Crippen molar-refractivity contribution in [1.29, 1.82) is 0 Å². The van der Waals surface area contributed by atoms with Crippen molar-refractivity contribution in [2.75, 3.05) is 22.1 Å². The average Bonchev–Trinajstić information content (AvgIpc) is 3.27. The van der Waals surface area contributed by atoms with E-state index in [0.717, 1.165) is 46.7 Å². The maximum absolute atomic E-state index is 13.3. The summed E-state index contributed by atoms with van der Waals surface area (Å²) in [5, 5.41) is 6.55. The van der Waals surface area contributed by atoms with Gasteiger partial charge in [-0.3, -0.25) is 9.59 Å². The van der Waals surface area contributed by atoms with Crippen molar-refractivity contribution in [3.05, 3.63) is 89.0 Å². The van der Waals surface area contributed by atoms with Crippen molar-refractivity contribution >= 4 is 28.8 Å². The van der Waals surface area contributed by atoms with E-state index < -0.39 is 6.04 Å². The molecule has 0 bridgehead atoms. The van der Waals surface area contributed by atoms with Crippen LogP contribution >= 0.6 is 0 Å². The molecule has 0 radical (unpaired) electrons. The van der Waals surface area contributed by atoms with Crippen LogP contribution in [0.5, 0.6) is 0 Å². The molecule has 5 rings (SSSR count). The molecule has 0 saturated carbocycles. The summed E-state index contributed by atoms with van der Waals surface area (Å²) in [5.74, 6) is 0.592. The molecule has 3 aromatic rings. The zero-order chi connectivity index (χ0) is 22.9. The van der Waals surface area contributed by atoms with Crippen LogP contribution in [-0.2, 0) is 9.59 Å². The fraction of sp³-hybridized carbons (Fsp3) is 0.259. The number of nitrogens with one attached hydrogen (secondary N) is 2. The van der Waals surface area contributed by atoms with Gasteiger partial charge in [0.05, 0.1) is 24.2 Å². The van der Waals surface area contributed by atoms with E-state index in [1.807, 2.05) is 73.3 Å². The third-order valence-electron chi connectivity index (χ3n) is 6.32. The summed E-state index contributed by atoms with van der Waals surface area (Å²) < 4.78 is 5.82. The first-order valence-electron chi connectivity index (χ1n) is 11.3. The maximum Gasteiger partial charge on any atom is 0.243 e. The molecule has 1 aliphatic heterocycles. The highest BCUT2D eigenvalue weighted by Crippen LogP contribution is 2.44. The highest BCUT2D eigenvalue weighted by Gasteiger charge is 2.38. The van der Waals surface area contributed by atoms with Gasteiger partial charge in [-0.05, 0) is 62.6 Å². The van der Waals surface area contributed by atoms with E-state index >= 15 is 0 Å².